The summed E-state index contributed by atoms with van der Waals surface area (Å²) in [4.78, 5) is 0. The molecule has 1 atom stereocenters. The Hall–Kier alpha value is -1.03. The van der Waals surface area contributed by atoms with Gasteiger partial charge in [0.05, 0.1) is 0 Å². The van der Waals surface area contributed by atoms with E-state index in [2.05, 4.69) is 10.5 Å². The van der Waals surface area contributed by atoms with E-state index in [1.54, 1.807) is 0 Å². The second-order valence-electron chi connectivity index (χ2n) is 3.74. The van der Waals surface area contributed by atoms with Crippen LogP contribution in [0.3, 0.4) is 0 Å². The summed E-state index contributed by atoms with van der Waals surface area (Å²) in [6.45, 7) is 5.80. The topological polar surface area (TPSA) is 47.3 Å². The summed E-state index contributed by atoms with van der Waals surface area (Å²) >= 11 is 0. The first-order valence-corrected chi connectivity index (χ1v) is 5.07. The number of aromatic nitrogens is 1. The Kier molecular flexibility index (Phi) is 2.72. The molecule has 4 nitrogen and oxygen atoms in total. The predicted molar refractivity (Wildman–Crippen MR) is 52.5 cm³/mol. The smallest absolute Gasteiger partial charge is 0.185 e. The van der Waals surface area contributed by atoms with Gasteiger partial charge < -0.3 is 14.6 Å². The highest BCUT2D eigenvalue weighted by atomic mass is 16.5. The van der Waals surface area contributed by atoms with E-state index in [0.717, 1.165) is 36.7 Å². The van der Waals surface area contributed by atoms with Crippen molar-refractivity contribution < 1.29 is 9.26 Å². The molecule has 14 heavy (non-hydrogen) atoms. The summed E-state index contributed by atoms with van der Waals surface area (Å²) < 4.78 is 10.9. The molecule has 1 aromatic heterocycles. The largest absolute Gasteiger partial charge is 0.483 e. The Bertz CT molecular complexity index is 284. The van der Waals surface area contributed by atoms with E-state index in [-0.39, 0.29) is 6.10 Å². The number of rotatable bonds is 2. The van der Waals surface area contributed by atoms with Crippen molar-refractivity contribution in [1.29, 1.82) is 0 Å². The van der Waals surface area contributed by atoms with Crippen molar-refractivity contribution in [2.24, 2.45) is 0 Å². The van der Waals surface area contributed by atoms with Crippen LogP contribution in [0.25, 0.3) is 0 Å². The zero-order valence-electron chi connectivity index (χ0n) is 8.67. The highest BCUT2D eigenvalue weighted by Gasteiger charge is 2.18. The maximum Gasteiger partial charge on any atom is 0.185 e. The molecule has 1 N–H and O–H groups in total. The molecule has 0 spiro atoms. The highest BCUT2D eigenvalue weighted by molar-refractivity contribution is 5.28. The molecule has 1 saturated heterocycles. The van der Waals surface area contributed by atoms with Gasteiger partial charge in [-0.15, -0.1) is 0 Å². The Balaban J connectivity index is 2.02. The third-order valence-corrected chi connectivity index (χ3v) is 2.50. The van der Waals surface area contributed by atoms with E-state index in [1.807, 2.05) is 13.8 Å². The zero-order chi connectivity index (χ0) is 9.97. The van der Waals surface area contributed by atoms with E-state index in [0.29, 0.717) is 0 Å². The van der Waals surface area contributed by atoms with Crippen LogP contribution in [0.4, 0.5) is 0 Å². The normalized spacial score (nSPS) is 22.3. The molecule has 2 rings (SSSR count). The van der Waals surface area contributed by atoms with Crippen LogP contribution in [-0.4, -0.2) is 24.4 Å². The van der Waals surface area contributed by atoms with Gasteiger partial charge in [-0.3, -0.25) is 0 Å². The molecule has 78 valence electrons. The number of ether oxygens (including phenoxy) is 1. The van der Waals surface area contributed by atoms with E-state index in [1.165, 1.54) is 6.42 Å². The molecule has 1 aromatic rings. The fourth-order valence-corrected chi connectivity index (χ4v) is 1.73. The highest BCUT2D eigenvalue weighted by Crippen LogP contribution is 2.24. The molecule has 1 unspecified atom stereocenters. The number of nitrogens with zero attached hydrogens (tertiary/aromatic N) is 1. The molecule has 4 heteroatoms. The lowest BCUT2D eigenvalue weighted by Gasteiger charge is -2.23. The van der Waals surface area contributed by atoms with E-state index >= 15 is 0 Å². The van der Waals surface area contributed by atoms with Gasteiger partial charge in [0.1, 0.15) is 11.8 Å². The first kappa shape index (κ1) is 9.52. The zero-order valence-corrected chi connectivity index (χ0v) is 8.67. The molecular weight excluding hydrogens is 180 g/mol. The van der Waals surface area contributed by atoms with Crippen molar-refractivity contribution >= 4 is 0 Å². The quantitative estimate of drug-likeness (QED) is 0.777. The molecule has 0 aliphatic carbocycles. The van der Waals surface area contributed by atoms with Gasteiger partial charge >= 0.3 is 0 Å². The summed E-state index contributed by atoms with van der Waals surface area (Å²) in [6.07, 6.45) is 2.55. The minimum atomic E-state index is 0.264. The molecule has 0 radical (unpaired) electrons. The van der Waals surface area contributed by atoms with Crippen molar-refractivity contribution in [2.45, 2.75) is 32.8 Å². The third-order valence-electron chi connectivity index (χ3n) is 2.50. The van der Waals surface area contributed by atoms with E-state index in [9.17, 15) is 0 Å². The molecule has 0 bridgehead atoms. The molecule has 0 aromatic carbocycles. The second kappa shape index (κ2) is 4.00. The average molecular weight is 196 g/mol. The van der Waals surface area contributed by atoms with Gasteiger partial charge in [0.15, 0.2) is 11.5 Å². The summed E-state index contributed by atoms with van der Waals surface area (Å²) in [5, 5.41) is 7.17. The number of aryl methyl sites for hydroxylation is 2. The molecular formula is C10H16N2O2. The van der Waals surface area contributed by atoms with Crippen LogP contribution in [-0.2, 0) is 0 Å². The Morgan fingerprint density at radius 2 is 2.36 bits per heavy atom. The van der Waals surface area contributed by atoms with Gasteiger partial charge in [-0.25, -0.2) is 0 Å². The number of hydrogen-bond donors (Lipinski definition) is 1. The Labute approximate surface area is 83.6 Å². The van der Waals surface area contributed by atoms with Crippen LogP contribution in [0, 0.1) is 13.8 Å². The van der Waals surface area contributed by atoms with Gasteiger partial charge in [0.2, 0.25) is 0 Å². The minimum Gasteiger partial charge on any atom is -0.483 e. The first-order valence-electron chi connectivity index (χ1n) is 5.07. The number of piperidine rings is 1. The lowest BCUT2D eigenvalue weighted by molar-refractivity contribution is 0.163. The summed E-state index contributed by atoms with van der Waals surface area (Å²) in [5.74, 6) is 1.59. The number of hydrogen-bond acceptors (Lipinski definition) is 4. The third kappa shape index (κ3) is 1.90. The monoisotopic (exact) mass is 196 g/mol. The Morgan fingerprint density at radius 3 is 2.93 bits per heavy atom. The van der Waals surface area contributed by atoms with Gasteiger partial charge in [-0.05, 0) is 26.3 Å². The summed E-state index contributed by atoms with van der Waals surface area (Å²) in [6, 6.07) is 0. The molecule has 1 fully saturated rings. The molecule has 1 aliphatic heterocycles. The predicted octanol–water partition coefficient (Wildman–Crippen LogP) is 1.42. The van der Waals surface area contributed by atoms with Crippen LogP contribution in [0.2, 0.25) is 0 Å². The molecule has 0 amide bonds. The molecule has 0 saturated carbocycles. The van der Waals surface area contributed by atoms with Crippen LogP contribution in [0.15, 0.2) is 4.52 Å². The van der Waals surface area contributed by atoms with Crippen molar-refractivity contribution in [3.63, 3.8) is 0 Å². The Morgan fingerprint density at radius 1 is 1.50 bits per heavy atom. The lowest BCUT2D eigenvalue weighted by atomic mass is 10.1. The summed E-state index contributed by atoms with van der Waals surface area (Å²) in [5.41, 5.74) is 0.841. The maximum atomic E-state index is 5.84. The summed E-state index contributed by atoms with van der Waals surface area (Å²) in [7, 11) is 0. The van der Waals surface area contributed by atoms with E-state index < -0.39 is 0 Å². The molecule has 2 heterocycles. The average Bonchev–Trinajstić information content (AvgIpc) is 2.51. The number of nitrogens with one attached hydrogen (secondary N) is 1. The van der Waals surface area contributed by atoms with Crippen LogP contribution < -0.4 is 10.1 Å². The van der Waals surface area contributed by atoms with E-state index in [4.69, 9.17) is 9.26 Å². The fraction of sp³-hybridized carbons (Fsp3) is 0.700. The first-order chi connectivity index (χ1) is 6.77. The van der Waals surface area contributed by atoms with Crippen LogP contribution in [0.5, 0.6) is 5.75 Å². The van der Waals surface area contributed by atoms with Crippen molar-refractivity contribution in [3.05, 3.63) is 11.5 Å². The van der Waals surface area contributed by atoms with Crippen molar-refractivity contribution in [2.75, 3.05) is 13.1 Å². The lowest BCUT2D eigenvalue weighted by Crippen LogP contribution is -2.37. The minimum absolute atomic E-state index is 0.264. The van der Waals surface area contributed by atoms with Gasteiger partial charge in [-0.2, -0.15) is 0 Å². The second-order valence-corrected chi connectivity index (χ2v) is 3.74. The van der Waals surface area contributed by atoms with Crippen LogP contribution in [0.1, 0.15) is 24.3 Å². The van der Waals surface area contributed by atoms with Gasteiger partial charge in [0.25, 0.3) is 0 Å². The standard InChI is InChI=1S/C10H16N2O2/c1-7-10(8(2)14-12-7)13-9-4-3-5-11-6-9/h9,11H,3-6H2,1-2H3. The molecule has 1 aliphatic rings. The van der Waals surface area contributed by atoms with Crippen LogP contribution >= 0.6 is 0 Å². The fourth-order valence-electron chi connectivity index (χ4n) is 1.73. The van der Waals surface area contributed by atoms with Gasteiger partial charge in [-0.1, -0.05) is 5.16 Å². The SMILES string of the molecule is Cc1noc(C)c1OC1CCCNC1. The van der Waals surface area contributed by atoms with Crippen molar-refractivity contribution in [3.8, 4) is 5.75 Å². The van der Waals surface area contributed by atoms with Crippen molar-refractivity contribution in [1.82, 2.24) is 10.5 Å². The van der Waals surface area contributed by atoms with Gasteiger partial charge in [0, 0.05) is 13.5 Å². The maximum absolute atomic E-state index is 5.84.